The summed E-state index contributed by atoms with van der Waals surface area (Å²) < 4.78 is 4.88. The predicted octanol–water partition coefficient (Wildman–Crippen LogP) is 2.68. The lowest BCUT2D eigenvalue weighted by Gasteiger charge is -2.13. The minimum absolute atomic E-state index is 0.0559. The van der Waals surface area contributed by atoms with E-state index in [-0.39, 0.29) is 24.1 Å². The van der Waals surface area contributed by atoms with Crippen LogP contribution in [0.15, 0.2) is 33.8 Å². The van der Waals surface area contributed by atoms with Crippen LogP contribution >= 0.6 is 0 Å². The third kappa shape index (κ3) is 4.42. The van der Waals surface area contributed by atoms with Gasteiger partial charge in [0, 0.05) is 5.69 Å². The van der Waals surface area contributed by atoms with Crippen LogP contribution in [-0.4, -0.2) is 23.6 Å². The van der Waals surface area contributed by atoms with Crippen molar-refractivity contribution >= 4 is 23.7 Å². The molecule has 0 aliphatic carbocycles. The zero-order valence-corrected chi connectivity index (χ0v) is 13.6. The van der Waals surface area contributed by atoms with E-state index in [1.165, 1.54) is 18.3 Å². The summed E-state index contributed by atoms with van der Waals surface area (Å²) in [6.07, 6.45) is 1.20. The third-order valence-corrected chi connectivity index (χ3v) is 3.28. The van der Waals surface area contributed by atoms with Gasteiger partial charge >= 0.3 is 5.88 Å². The Hall–Kier alpha value is -3.16. The van der Waals surface area contributed by atoms with Crippen LogP contribution in [0.3, 0.4) is 0 Å². The van der Waals surface area contributed by atoms with E-state index in [1.54, 1.807) is 0 Å². The van der Waals surface area contributed by atoms with Crippen molar-refractivity contribution in [3.05, 3.63) is 56.8 Å². The molecule has 0 bridgehead atoms. The Morgan fingerprint density at radius 3 is 2.54 bits per heavy atom. The predicted molar refractivity (Wildman–Crippen MR) is 90.2 cm³/mol. The Morgan fingerprint density at radius 2 is 1.96 bits per heavy atom. The molecule has 2 N–H and O–H groups in total. The number of anilines is 1. The number of hydrazone groups is 1. The number of aryl methyl sites for hydroxylation is 3. The molecular weight excluding hydrogens is 312 g/mol. The van der Waals surface area contributed by atoms with Gasteiger partial charge in [-0.15, -0.1) is 0 Å². The van der Waals surface area contributed by atoms with Crippen molar-refractivity contribution in [1.29, 1.82) is 0 Å². The number of carbonyl (C=O) groups is 1. The van der Waals surface area contributed by atoms with Gasteiger partial charge in [-0.05, 0) is 38.0 Å². The first-order valence-electron chi connectivity index (χ1n) is 7.24. The zero-order valence-electron chi connectivity index (χ0n) is 13.6. The molecule has 0 radical (unpaired) electrons. The number of benzene rings is 1. The summed E-state index contributed by atoms with van der Waals surface area (Å²) in [5.41, 5.74) is 6.53. The maximum absolute atomic E-state index is 11.8. The molecule has 8 heteroatoms. The maximum Gasteiger partial charge on any atom is 0.433 e. The van der Waals surface area contributed by atoms with Crippen LogP contribution in [0, 0.1) is 30.9 Å². The molecule has 0 unspecified atom stereocenters. The monoisotopic (exact) mass is 330 g/mol. The fourth-order valence-corrected chi connectivity index (χ4v) is 2.34. The molecule has 8 nitrogen and oxygen atoms in total. The van der Waals surface area contributed by atoms with Crippen molar-refractivity contribution in [2.24, 2.45) is 5.10 Å². The highest BCUT2D eigenvalue weighted by Crippen LogP contribution is 2.21. The van der Waals surface area contributed by atoms with Crippen molar-refractivity contribution in [1.82, 2.24) is 5.43 Å². The summed E-state index contributed by atoms with van der Waals surface area (Å²) in [7, 11) is 0. The molecule has 1 amide bonds. The minimum atomic E-state index is -0.647. The van der Waals surface area contributed by atoms with Crippen LogP contribution in [-0.2, 0) is 4.79 Å². The Balaban J connectivity index is 1.87. The largest absolute Gasteiger partial charge is 0.433 e. The van der Waals surface area contributed by atoms with E-state index in [2.05, 4.69) is 15.8 Å². The van der Waals surface area contributed by atoms with Gasteiger partial charge in [-0.25, -0.2) is 5.43 Å². The molecule has 1 heterocycles. The summed E-state index contributed by atoms with van der Waals surface area (Å²) in [5, 5.41) is 17.3. The summed E-state index contributed by atoms with van der Waals surface area (Å²) in [5.74, 6) is -0.540. The number of nitrogens with zero attached hydrogens (tertiary/aromatic N) is 2. The van der Waals surface area contributed by atoms with Gasteiger partial charge in [0.15, 0.2) is 5.76 Å². The standard InChI is InChI=1S/C16H18N4O4/c1-10-6-11(2)16(12(3)7-10)17-9-14(21)19-18-8-13-4-5-15(24-13)20(22)23/h4-8,17H,9H2,1-3H3,(H,19,21)/b18-8-. The molecule has 1 aromatic carbocycles. The first kappa shape index (κ1) is 17.2. The summed E-state index contributed by atoms with van der Waals surface area (Å²) in [6, 6.07) is 6.68. The molecule has 2 aromatic rings. The topological polar surface area (TPSA) is 110 Å². The van der Waals surface area contributed by atoms with Crippen molar-refractivity contribution < 1.29 is 14.1 Å². The lowest BCUT2D eigenvalue weighted by atomic mass is 10.1. The van der Waals surface area contributed by atoms with Gasteiger partial charge in [-0.3, -0.25) is 14.9 Å². The molecule has 24 heavy (non-hydrogen) atoms. The second-order valence-corrected chi connectivity index (χ2v) is 5.35. The van der Waals surface area contributed by atoms with Crippen LogP contribution < -0.4 is 10.7 Å². The van der Waals surface area contributed by atoms with Gasteiger partial charge < -0.3 is 9.73 Å². The van der Waals surface area contributed by atoms with Crippen molar-refractivity contribution in [3.63, 3.8) is 0 Å². The van der Waals surface area contributed by atoms with Crippen molar-refractivity contribution in [3.8, 4) is 0 Å². The van der Waals surface area contributed by atoms with Gasteiger partial charge in [0.25, 0.3) is 5.91 Å². The quantitative estimate of drug-likeness (QED) is 0.481. The number of hydrogen-bond acceptors (Lipinski definition) is 6. The first-order valence-corrected chi connectivity index (χ1v) is 7.24. The highest BCUT2D eigenvalue weighted by Gasteiger charge is 2.10. The van der Waals surface area contributed by atoms with E-state index >= 15 is 0 Å². The van der Waals surface area contributed by atoms with Gasteiger partial charge in [0.2, 0.25) is 0 Å². The molecule has 1 aromatic heterocycles. The lowest BCUT2D eigenvalue weighted by Crippen LogP contribution is -2.26. The van der Waals surface area contributed by atoms with E-state index in [4.69, 9.17) is 4.42 Å². The molecule has 126 valence electrons. The highest BCUT2D eigenvalue weighted by atomic mass is 16.6. The van der Waals surface area contributed by atoms with Crippen molar-refractivity contribution in [2.45, 2.75) is 20.8 Å². The van der Waals surface area contributed by atoms with Crippen LogP contribution in [0.25, 0.3) is 0 Å². The molecular formula is C16H18N4O4. The van der Waals surface area contributed by atoms with Crippen LogP contribution in [0.1, 0.15) is 22.5 Å². The third-order valence-electron chi connectivity index (χ3n) is 3.28. The molecule has 0 aliphatic rings. The SMILES string of the molecule is Cc1cc(C)c(NCC(=O)N/N=C\c2ccc([N+](=O)[O-])o2)c(C)c1. The fourth-order valence-electron chi connectivity index (χ4n) is 2.34. The number of nitrogens with one attached hydrogen (secondary N) is 2. The Morgan fingerprint density at radius 1 is 1.29 bits per heavy atom. The van der Waals surface area contributed by atoms with Gasteiger partial charge in [-0.1, -0.05) is 17.7 Å². The van der Waals surface area contributed by atoms with E-state index in [0.717, 1.165) is 22.4 Å². The molecule has 0 saturated carbocycles. The average Bonchev–Trinajstić information content (AvgIpc) is 2.95. The van der Waals surface area contributed by atoms with E-state index in [0.29, 0.717) is 0 Å². The molecule has 0 spiro atoms. The summed E-state index contributed by atoms with van der Waals surface area (Å²) >= 11 is 0. The fraction of sp³-hybridized carbons (Fsp3) is 0.250. The van der Waals surface area contributed by atoms with E-state index in [1.807, 2.05) is 32.9 Å². The Kier molecular flexibility index (Phi) is 5.31. The van der Waals surface area contributed by atoms with Crippen LogP contribution in [0.5, 0.6) is 0 Å². The lowest BCUT2D eigenvalue weighted by molar-refractivity contribution is -0.402. The van der Waals surface area contributed by atoms with E-state index in [9.17, 15) is 14.9 Å². The number of furan rings is 1. The molecule has 2 rings (SSSR count). The van der Waals surface area contributed by atoms with Gasteiger partial charge in [0.05, 0.1) is 18.8 Å². The second kappa shape index (κ2) is 7.40. The number of amides is 1. The zero-order chi connectivity index (χ0) is 17.7. The highest BCUT2D eigenvalue weighted by molar-refractivity contribution is 5.83. The Bertz CT molecular complexity index is 772. The minimum Gasteiger partial charge on any atom is -0.400 e. The molecule has 0 atom stereocenters. The maximum atomic E-state index is 11.8. The van der Waals surface area contributed by atoms with Crippen LogP contribution in [0.2, 0.25) is 0 Å². The van der Waals surface area contributed by atoms with E-state index < -0.39 is 4.92 Å². The van der Waals surface area contributed by atoms with Crippen LogP contribution in [0.4, 0.5) is 11.6 Å². The summed E-state index contributed by atoms with van der Waals surface area (Å²) in [6.45, 7) is 6.02. The van der Waals surface area contributed by atoms with Gasteiger partial charge in [0.1, 0.15) is 4.92 Å². The molecule has 0 aliphatic heterocycles. The first-order chi connectivity index (χ1) is 11.4. The smallest absolute Gasteiger partial charge is 0.400 e. The summed E-state index contributed by atoms with van der Waals surface area (Å²) in [4.78, 5) is 21.6. The Labute approximate surface area is 138 Å². The number of nitro groups is 1. The van der Waals surface area contributed by atoms with Gasteiger partial charge in [-0.2, -0.15) is 5.10 Å². The number of carbonyl (C=O) groups excluding carboxylic acids is 1. The average molecular weight is 330 g/mol. The van der Waals surface area contributed by atoms with Crippen molar-refractivity contribution in [2.75, 3.05) is 11.9 Å². The molecule has 0 fully saturated rings. The number of rotatable bonds is 6. The second-order valence-electron chi connectivity index (χ2n) is 5.35. The molecule has 0 saturated heterocycles. The number of hydrogen-bond donors (Lipinski definition) is 2. The normalized spacial score (nSPS) is 10.8.